The topological polar surface area (TPSA) is 78.5 Å². The first-order valence-electron chi connectivity index (χ1n) is 12.3. The van der Waals surface area contributed by atoms with E-state index >= 15 is 0 Å². The van der Waals surface area contributed by atoms with E-state index in [1.54, 1.807) is 18.9 Å². The van der Waals surface area contributed by atoms with Crippen LogP contribution in [0.1, 0.15) is 94.4 Å². The molecule has 0 aromatic heterocycles. The van der Waals surface area contributed by atoms with Crippen molar-refractivity contribution in [2.75, 3.05) is 13.2 Å². The van der Waals surface area contributed by atoms with E-state index in [0.29, 0.717) is 31.8 Å². The van der Waals surface area contributed by atoms with Crippen LogP contribution in [0.3, 0.4) is 0 Å². The Balaban J connectivity index is 3.14. The molecule has 4 unspecified atom stereocenters. The number of Topliss-reactive ketones (excluding diaryl/α,β-unsaturated/α-hetero) is 2. The predicted octanol–water partition coefficient (Wildman–Crippen LogP) is 3.95. The molecule has 0 aromatic carbocycles. The number of hydrogen-bond acceptors (Lipinski definition) is 7. The SMILES string of the molecule is CCC(CC)C(=O)C1CNCN(C(C)(CC)C(C)(CC)C(=O)[B]NC(C)(CC)C(C)=O)S1. The van der Waals surface area contributed by atoms with Gasteiger partial charge >= 0.3 is 0 Å². The molecule has 1 aliphatic heterocycles. The summed E-state index contributed by atoms with van der Waals surface area (Å²) in [5, 5.41) is 6.41. The zero-order chi connectivity index (χ0) is 24.7. The zero-order valence-electron chi connectivity index (χ0n) is 21.8. The normalized spacial score (nSPS) is 23.1. The lowest BCUT2D eigenvalue weighted by molar-refractivity contribution is -0.127. The standard InChI is InChI=1S/C24H45BN3O3S/c1-10-18(11-2)20(30)19-15-26-16-28(32-19)24(9,14-5)22(7,12-3)21(31)25-27-23(8,13-4)17(6)29/h18-19,26-27H,10-16H2,1-9H3. The fourth-order valence-electron chi connectivity index (χ4n) is 4.42. The molecule has 0 spiro atoms. The summed E-state index contributed by atoms with van der Waals surface area (Å²) in [6.45, 7) is 19.0. The van der Waals surface area contributed by atoms with Crippen molar-refractivity contribution < 1.29 is 14.4 Å². The molecule has 32 heavy (non-hydrogen) atoms. The Kier molecular flexibility index (Phi) is 11.1. The van der Waals surface area contributed by atoms with Gasteiger partial charge in [-0.2, -0.15) is 0 Å². The van der Waals surface area contributed by atoms with Gasteiger partial charge in [0.1, 0.15) is 11.5 Å². The van der Waals surface area contributed by atoms with Crippen LogP contribution in [0.5, 0.6) is 0 Å². The van der Waals surface area contributed by atoms with Crippen molar-refractivity contribution >= 4 is 36.6 Å². The Morgan fingerprint density at radius 2 is 1.66 bits per heavy atom. The molecule has 0 saturated carbocycles. The summed E-state index contributed by atoms with van der Waals surface area (Å²) in [6, 6.07) is 0. The highest BCUT2D eigenvalue weighted by Crippen LogP contribution is 2.46. The lowest BCUT2D eigenvalue weighted by Gasteiger charge is -2.53. The summed E-state index contributed by atoms with van der Waals surface area (Å²) in [4.78, 5) is 38.8. The Morgan fingerprint density at radius 3 is 2.09 bits per heavy atom. The Bertz CT molecular complexity index is 675. The maximum Gasteiger partial charge on any atom is 0.296 e. The maximum atomic E-state index is 13.6. The molecule has 0 aliphatic carbocycles. The van der Waals surface area contributed by atoms with E-state index in [9.17, 15) is 14.4 Å². The summed E-state index contributed by atoms with van der Waals surface area (Å²) >= 11 is 1.60. The first kappa shape index (κ1) is 29.3. The fraction of sp³-hybridized carbons (Fsp3) is 0.875. The van der Waals surface area contributed by atoms with Crippen LogP contribution in [-0.2, 0) is 14.4 Å². The highest BCUT2D eigenvalue weighted by Gasteiger charge is 2.52. The Hall–Kier alpha value is -0.695. The van der Waals surface area contributed by atoms with Gasteiger partial charge in [-0.1, -0.05) is 53.5 Å². The van der Waals surface area contributed by atoms with Crippen LogP contribution in [0.25, 0.3) is 0 Å². The van der Waals surface area contributed by atoms with Crippen LogP contribution >= 0.6 is 11.9 Å². The van der Waals surface area contributed by atoms with Gasteiger partial charge in [0, 0.05) is 23.4 Å². The van der Waals surface area contributed by atoms with Crippen molar-refractivity contribution in [1.82, 2.24) is 14.8 Å². The minimum absolute atomic E-state index is 0.0130. The molecule has 0 amide bonds. The number of ketones is 2. The van der Waals surface area contributed by atoms with Crippen molar-refractivity contribution in [2.24, 2.45) is 11.3 Å². The summed E-state index contributed by atoms with van der Waals surface area (Å²) in [6.07, 6.45) is 3.73. The lowest BCUT2D eigenvalue weighted by atomic mass is 9.57. The third-order valence-electron chi connectivity index (χ3n) is 8.23. The number of carbonyl (C=O) groups is 3. The number of hydrogen-bond donors (Lipinski definition) is 2. The van der Waals surface area contributed by atoms with Crippen LogP contribution in [0.2, 0.25) is 0 Å². The lowest BCUT2D eigenvalue weighted by Crippen LogP contribution is -2.64. The van der Waals surface area contributed by atoms with Crippen LogP contribution in [-0.4, -0.2) is 58.5 Å². The van der Waals surface area contributed by atoms with E-state index in [4.69, 9.17) is 0 Å². The highest BCUT2D eigenvalue weighted by molar-refractivity contribution is 7.98. The average molecular weight is 467 g/mol. The molecule has 6 nitrogen and oxygen atoms in total. The van der Waals surface area contributed by atoms with Gasteiger partial charge in [0.2, 0.25) is 0 Å². The van der Waals surface area contributed by atoms with Crippen molar-refractivity contribution in [3.8, 4) is 0 Å². The summed E-state index contributed by atoms with van der Waals surface area (Å²) < 4.78 is 2.22. The third-order valence-corrected chi connectivity index (χ3v) is 9.67. The van der Waals surface area contributed by atoms with E-state index in [-0.39, 0.29) is 22.6 Å². The quantitative estimate of drug-likeness (QED) is 0.296. The van der Waals surface area contributed by atoms with Gasteiger partial charge in [0.25, 0.3) is 7.41 Å². The second-order valence-corrected chi connectivity index (χ2v) is 10.9. The minimum Gasteiger partial charge on any atom is -0.342 e. The van der Waals surface area contributed by atoms with E-state index in [0.717, 1.165) is 19.3 Å². The molecule has 8 heteroatoms. The Labute approximate surface area is 201 Å². The molecule has 1 radical (unpaired) electrons. The van der Waals surface area contributed by atoms with Gasteiger partial charge in [0.05, 0.1) is 17.5 Å². The number of rotatable bonds is 14. The summed E-state index contributed by atoms with van der Waals surface area (Å²) in [5.41, 5.74) is -1.92. The van der Waals surface area contributed by atoms with Gasteiger partial charge in [-0.05, 0) is 52.9 Å². The molecule has 1 fully saturated rings. The van der Waals surface area contributed by atoms with Crippen molar-refractivity contribution in [3.05, 3.63) is 0 Å². The van der Waals surface area contributed by atoms with Gasteiger partial charge in [-0.3, -0.25) is 9.59 Å². The molecule has 4 atom stereocenters. The second kappa shape index (κ2) is 12.1. The predicted molar refractivity (Wildman–Crippen MR) is 136 cm³/mol. The molecule has 1 aliphatic rings. The van der Waals surface area contributed by atoms with Crippen molar-refractivity contribution in [2.45, 2.75) is 111 Å². The number of nitrogens with one attached hydrogen (secondary N) is 2. The van der Waals surface area contributed by atoms with E-state index in [2.05, 4.69) is 42.5 Å². The largest absolute Gasteiger partial charge is 0.342 e. The van der Waals surface area contributed by atoms with Crippen molar-refractivity contribution in [3.63, 3.8) is 0 Å². The smallest absolute Gasteiger partial charge is 0.296 e. The maximum absolute atomic E-state index is 13.6. The first-order valence-corrected chi connectivity index (χ1v) is 13.1. The fourth-order valence-corrected chi connectivity index (χ4v) is 5.95. The first-order chi connectivity index (χ1) is 14.9. The summed E-state index contributed by atoms with van der Waals surface area (Å²) in [7, 11) is 1.51. The zero-order valence-corrected chi connectivity index (χ0v) is 22.6. The van der Waals surface area contributed by atoms with Crippen molar-refractivity contribution in [1.29, 1.82) is 0 Å². The number of carbonyl (C=O) groups excluding carboxylic acids is 3. The molecule has 1 saturated heterocycles. The molecule has 1 rings (SSSR count). The average Bonchev–Trinajstić information content (AvgIpc) is 2.81. The molecule has 0 bridgehead atoms. The van der Waals surface area contributed by atoms with Gasteiger partial charge in [-0.15, -0.1) is 0 Å². The van der Waals surface area contributed by atoms with Gasteiger partial charge < -0.3 is 15.3 Å². The molecule has 2 N–H and O–H groups in total. The molecule has 0 aromatic rings. The molecular weight excluding hydrogens is 421 g/mol. The molecule has 183 valence electrons. The van der Waals surface area contributed by atoms with Gasteiger partial charge in [-0.25, -0.2) is 4.31 Å². The monoisotopic (exact) mass is 466 g/mol. The van der Waals surface area contributed by atoms with Crippen LogP contribution in [0.15, 0.2) is 0 Å². The van der Waals surface area contributed by atoms with Gasteiger partial charge in [0.15, 0.2) is 5.78 Å². The van der Waals surface area contributed by atoms with E-state index in [1.165, 1.54) is 7.41 Å². The molecule has 1 heterocycles. The Morgan fingerprint density at radius 1 is 1.06 bits per heavy atom. The van der Waals surface area contributed by atoms with E-state index < -0.39 is 16.5 Å². The number of nitrogens with zero attached hydrogens (tertiary/aromatic N) is 1. The van der Waals surface area contributed by atoms with Crippen LogP contribution < -0.4 is 10.5 Å². The van der Waals surface area contributed by atoms with Crippen LogP contribution in [0.4, 0.5) is 0 Å². The third kappa shape index (κ3) is 5.86. The summed E-state index contributed by atoms with van der Waals surface area (Å²) in [5.74, 6) is 0.393. The van der Waals surface area contributed by atoms with Crippen LogP contribution in [0, 0.1) is 11.3 Å². The molecular formula is C24H45BN3O3S. The highest BCUT2D eigenvalue weighted by atomic mass is 32.2. The van der Waals surface area contributed by atoms with E-state index in [1.807, 2.05) is 27.7 Å². The minimum atomic E-state index is -0.749. The second-order valence-electron chi connectivity index (χ2n) is 9.71.